The molecule has 0 spiro atoms. The Hall–Kier alpha value is -2.11. The van der Waals surface area contributed by atoms with Crippen LogP contribution in [-0.4, -0.2) is 37.1 Å². The summed E-state index contributed by atoms with van der Waals surface area (Å²) in [4.78, 5) is 26.8. The van der Waals surface area contributed by atoms with Crippen molar-refractivity contribution in [3.63, 3.8) is 0 Å². The Morgan fingerprint density at radius 2 is 2.21 bits per heavy atom. The van der Waals surface area contributed by atoms with E-state index in [1.165, 1.54) is 19.5 Å². The third-order valence-electron chi connectivity index (χ3n) is 2.40. The summed E-state index contributed by atoms with van der Waals surface area (Å²) in [5.41, 5.74) is 0.425. The monoisotopic (exact) mass is 266 g/mol. The van der Waals surface area contributed by atoms with Gasteiger partial charge in [-0.2, -0.15) is 0 Å². The molecule has 1 N–H and O–H groups in total. The van der Waals surface area contributed by atoms with Crippen LogP contribution in [0.4, 0.5) is 0 Å². The number of hydrogen-bond acceptors (Lipinski definition) is 5. The van der Waals surface area contributed by atoms with E-state index in [9.17, 15) is 9.59 Å². The van der Waals surface area contributed by atoms with Crippen molar-refractivity contribution in [1.82, 2.24) is 10.3 Å². The maximum Gasteiger partial charge on any atom is 0.305 e. The number of rotatable bonds is 7. The third-order valence-corrected chi connectivity index (χ3v) is 2.40. The second kappa shape index (κ2) is 8.07. The van der Waals surface area contributed by atoms with E-state index in [0.29, 0.717) is 37.3 Å². The molecule has 1 heterocycles. The maximum atomic E-state index is 11.9. The Labute approximate surface area is 112 Å². The molecule has 1 aromatic heterocycles. The Morgan fingerprint density at radius 3 is 2.89 bits per heavy atom. The van der Waals surface area contributed by atoms with Crippen molar-refractivity contribution in [3.8, 4) is 5.75 Å². The molecule has 0 aliphatic heterocycles. The molecule has 0 aliphatic carbocycles. The number of amides is 1. The number of esters is 1. The van der Waals surface area contributed by atoms with Crippen LogP contribution in [0, 0.1) is 0 Å². The lowest BCUT2D eigenvalue weighted by molar-refractivity contribution is -0.143. The van der Waals surface area contributed by atoms with Crippen molar-refractivity contribution < 1.29 is 19.1 Å². The quantitative estimate of drug-likeness (QED) is 0.592. The second-order valence-electron chi connectivity index (χ2n) is 3.74. The predicted octanol–water partition coefficient (Wildman–Crippen LogP) is 1.16. The van der Waals surface area contributed by atoms with E-state index in [1.54, 1.807) is 13.0 Å². The molecular weight excluding hydrogens is 248 g/mol. The fraction of sp³-hybridized carbons (Fsp3) is 0.462. The lowest BCUT2D eigenvalue weighted by Gasteiger charge is -2.08. The number of nitrogens with one attached hydrogen (secondary N) is 1. The second-order valence-corrected chi connectivity index (χ2v) is 3.74. The molecule has 6 heteroatoms. The first kappa shape index (κ1) is 14.9. The number of nitrogens with zero attached hydrogens (tertiary/aromatic N) is 1. The van der Waals surface area contributed by atoms with Crippen molar-refractivity contribution in [2.24, 2.45) is 0 Å². The maximum absolute atomic E-state index is 11.9. The summed E-state index contributed by atoms with van der Waals surface area (Å²) in [5, 5.41) is 2.72. The summed E-state index contributed by atoms with van der Waals surface area (Å²) in [7, 11) is 1.48. The highest BCUT2D eigenvalue weighted by Gasteiger charge is 2.11. The first-order valence-electron chi connectivity index (χ1n) is 6.10. The highest BCUT2D eigenvalue weighted by atomic mass is 16.5. The summed E-state index contributed by atoms with van der Waals surface area (Å²) >= 11 is 0. The van der Waals surface area contributed by atoms with E-state index in [-0.39, 0.29) is 11.9 Å². The van der Waals surface area contributed by atoms with Crippen LogP contribution in [0.15, 0.2) is 18.5 Å². The summed E-state index contributed by atoms with van der Waals surface area (Å²) in [6.07, 6.45) is 3.84. The SMILES string of the molecule is CCOC(=O)CCCNC(=O)c1ccncc1OC. The minimum atomic E-state index is -0.252. The van der Waals surface area contributed by atoms with Gasteiger partial charge in [-0.15, -0.1) is 0 Å². The highest BCUT2D eigenvalue weighted by Crippen LogP contribution is 2.15. The molecule has 0 radical (unpaired) electrons. The van der Waals surface area contributed by atoms with Gasteiger partial charge in [0.25, 0.3) is 5.91 Å². The first-order chi connectivity index (χ1) is 9.19. The summed E-state index contributed by atoms with van der Waals surface area (Å²) in [6, 6.07) is 1.58. The molecule has 19 heavy (non-hydrogen) atoms. The molecule has 0 atom stereocenters. The molecule has 1 rings (SSSR count). The molecular formula is C13H18N2O4. The van der Waals surface area contributed by atoms with Crippen LogP contribution >= 0.6 is 0 Å². The summed E-state index contributed by atoms with van der Waals surface area (Å²) in [6.45, 7) is 2.54. The van der Waals surface area contributed by atoms with E-state index < -0.39 is 0 Å². The molecule has 0 saturated heterocycles. The van der Waals surface area contributed by atoms with Gasteiger partial charge in [-0.05, 0) is 19.4 Å². The molecule has 104 valence electrons. The zero-order valence-corrected chi connectivity index (χ0v) is 11.1. The number of ether oxygens (including phenoxy) is 2. The van der Waals surface area contributed by atoms with Gasteiger partial charge in [0.15, 0.2) is 0 Å². The van der Waals surface area contributed by atoms with Gasteiger partial charge in [-0.25, -0.2) is 0 Å². The van der Waals surface area contributed by atoms with Crippen LogP contribution in [0.5, 0.6) is 5.75 Å². The number of pyridine rings is 1. The number of hydrogen-bond donors (Lipinski definition) is 1. The van der Waals surface area contributed by atoms with Crippen molar-refractivity contribution in [1.29, 1.82) is 0 Å². The molecule has 0 unspecified atom stereocenters. The fourth-order valence-electron chi connectivity index (χ4n) is 1.49. The van der Waals surface area contributed by atoms with Crippen LogP contribution in [0.25, 0.3) is 0 Å². The van der Waals surface area contributed by atoms with Gasteiger partial charge in [0.05, 0.1) is 25.5 Å². The summed E-state index contributed by atoms with van der Waals surface area (Å²) in [5.74, 6) is -0.0771. The molecule has 1 amide bonds. The van der Waals surface area contributed by atoms with Crippen molar-refractivity contribution in [2.45, 2.75) is 19.8 Å². The van der Waals surface area contributed by atoms with Gasteiger partial charge >= 0.3 is 5.97 Å². The van der Waals surface area contributed by atoms with Crippen LogP contribution in [0.1, 0.15) is 30.1 Å². The molecule has 6 nitrogen and oxygen atoms in total. The smallest absolute Gasteiger partial charge is 0.305 e. The molecule has 0 bridgehead atoms. The topological polar surface area (TPSA) is 77.5 Å². The van der Waals surface area contributed by atoms with Crippen LogP contribution in [0.3, 0.4) is 0 Å². The van der Waals surface area contributed by atoms with Crippen molar-refractivity contribution >= 4 is 11.9 Å². The zero-order valence-electron chi connectivity index (χ0n) is 11.1. The molecule has 0 fully saturated rings. The fourth-order valence-corrected chi connectivity index (χ4v) is 1.49. The Morgan fingerprint density at radius 1 is 1.42 bits per heavy atom. The average Bonchev–Trinajstić information content (AvgIpc) is 2.43. The zero-order chi connectivity index (χ0) is 14.1. The number of carbonyl (C=O) groups is 2. The van der Waals surface area contributed by atoms with E-state index in [0.717, 1.165) is 0 Å². The van der Waals surface area contributed by atoms with Gasteiger partial charge in [-0.1, -0.05) is 0 Å². The standard InChI is InChI=1S/C13H18N2O4/c1-3-19-12(16)5-4-7-15-13(17)10-6-8-14-9-11(10)18-2/h6,8-9H,3-5,7H2,1-2H3,(H,15,17). The highest BCUT2D eigenvalue weighted by molar-refractivity contribution is 5.96. The Balaban J connectivity index is 2.37. The van der Waals surface area contributed by atoms with E-state index in [4.69, 9.17) is 9.47 Å². The van der Waals surface area contributed by atoms with Crippen molar-refractivity contribution in [3.05, 3.63) is 24.0 Å². The van der Waals surface area contributed by atoms with Gasteiger partial charge in [-0.3, -0.25) is 14.6 Å². The van der Waals surface area contributed by atoms with E-state index in [1.807, 2.05) is 0 Å². The molecule has 0 saturated carbocycles. The molecule has 0 aliphatic rings. The van der Waals surface area contributed by atoms with E-state index in [2.05, 4.69) is 10.3 Å². The number of carbonyl (C=O) groups excluding carboxylic acids is 2. The van der Waals surface area contributed by atoms with Gasteiger partial charge < -0.3 is 14.8 Å². The molecule has 1 aromatic rings. The Kier molecular flexibility index (Phi) is 6.35. The molecule has 0 aromatic carbocycles. The van der Waals surface area contributed by atoms with Crippen LogP contribution < -0.4 is 10.1 Å². The lowest BCUT2D eigenvalue weighted by atomic mass is 10.2. The van der Waals surface area contributed by atoms with Crippen molar-refractivity contribution in [2.75, 3.05) is 20.3 Å². The number of methoxy groups -OCH3 is 1. The van der Waals surface area contributed by atoms with Gasteiger partial charge in [0, 0.05) is 19.2 Å². The lowest BCUT2D eigenvalue weighted by Crippen LogP contribution is -2.25. The summed E-state index contributed by atoms with van der Waals surface area (Å²) < 4.78 is 9.84. The van der Waals surface area contributed by atoms with Gasteiger partial charge in [0.2, 0.25) is 0 Å². The Bertz CT molecular complexity index is 434. The van der Waals surface area contributed by atoms with Gasteiger partial charge in [0.1, 0.15) is 5.75 Å². The largest absolute Gasteiger partial charge is 0.494 e. The average molecular weight is 266 g/mol. The number of aromatic nitrogens is 1. The minimum absolute atomic E-state index is 0.247. The minimum Gasteiger partial charge on any atom is -0.494 e. The predicted molar refractivity (Wildman–Crippen MR) is 69.0 cm³/mol. The van der Waals surface area contributed by atoms with Crippen LogP contribution in [-0.2, 0) is 9.53 Å². The van der Waals surface area contributed by atoms with E-state index >= 15 is 0 Å². The first-order valence-corrected chi connectivity index (χ1v) is 6.10. The third kappa shape index (κ3) is 4.95. The normalized spacial score (nSPS) is 9.79. The van der Waals surface area contributed by atoms with Crippen LogP contribution in [0.2, 0.25) is 0 Å².